The smallest absolute Gasteiger partial charge is 0.358 e. The van der Waals surface area contributed by atoms with Gasteiger partial charge in [-0.25, -0.2) is 14.8 Å². The molecular formula is C15H11N3O3. The molecule has 21 heavy (non-hydrogen) atoms. The van der Waals surface area contributed by atoms with Gasteiger partial charge in [0, 0.05) is 11.6 Å². The Balaban J connectivity index is 1.90. The second-order valence-corrected chi connectivity index (χ2v) is 4.16. The summed E-state index contributed by atoms with van der Waals surface area (Å²) in [5, 5.41) is 0.967. The lowest BCUT2D eigenvalue weighted by Crippen LogP contribution is -2.04. The molecule has 2 heterocycles. The van der Waals surface area contributed by atoms with Crippen molar-refractivity contribution in [2.24, 2.45) is 0 Å². The van der Waals surface area contributed by atoms with Crippen LogP contribution in [-0.4, -0.2) is 28.0 Å². The maximum Gasteiger partial charge on any atom is 0.358 e. The largest absolute Gasteiger partial charge is 0.464 e. The van der Waals surface area contributed by atoms with Crippen LogP contribution in [0.3, 0.4) is 0 Å². The van der Waals surface area contributed by atoms with Crippen molar-refractivity contribution < 1.29 is 14.3 Å². The van der Waals surface area contributed by atoms with Crippen LogP contribution < -0.4 is 4.74 Å². The number of carbonyl (C=O) groups excluding carboxylic acids is 1. The summed E-state index contributed by atoms with van der Waals surface area (Å²) >= 11 is 0. The van der Waals surface area contributed by atoms with Crippen LogP contribution >= 0.6 is 0 Å². The molecule has 0 bridgehead atoms. The van der Waals surface area contributed by atoms with E-state index in [0.29, 0.717) is 5.75 Å². The van der Waals surface area contributed by atoms with E-state index >= 15 is 0 Å². The lowest BCUT2D eigenvalue weighted by Gasteiger charge is -2.07. The number of aromatic nitrogens is 3. The predicted octanol–water partition coefficient (Wildman–Crippen LogP) is 2.60. The van der Waals surface area contributed by atoms with Gasteiger partial charge in [-0.1, -0.05) is 18.2 Å². The fraction of sp³-hybridized carbons (Fsp3) is 0.0667. The zero-order chi connectivity index (χ0) is 14.7. The summed E-state index contributed by atoms with van der Waals surface area (Å²) in [6, 6.07) is 9.42. The average Bonchev–Trinajstić information content (AvgIpc) is 2.55. The zero-order valence-corrected chi connectivity index (χ0v) is 11.2. The number of rotatable bonds is 3. The molecular weight excluding hydrogens is 270 g/mol. The van der Waals surface area contributed by atoms with Crippen LogP contribution in [-0.2, 0) is 4.74 Å². The highest BCUT2D eigenvalue weighted by Crippen LogP contribution is 2.26. The highest BCUT2D eigenvalue weighted by molar-refractivity contribution is 5.86. The summed E-state index contributed by atoms with van der Waals surface area (Å²) in [5.41, 5.74) is 0.861. The van der Waals surface area contributed by atoms with E-state index in [4.69, 9.17) is 4.74 Å². The summed E-state index contributed by atoms with van der Waals surface area (Å²) in [4.78, 5) is 23.6. The molecule has 2 aromatic heterocycles. The van der Waals surface area contributed by atoms with E-state index in [2.05, 4.69) is 19.7 Å². The Morgan fingerprint density at radius 1 is 1.05 bits per heavy atom. The van der Waals surface area contributed by atoms with Gasteiger partial charge in [0.15, 0.2) is 11.4 Å². The lowest BCUT2D eigenvalue weighted by atomic mass is 10.2. The van der Waals surface area contributed by atoms with Gasteiger partial charge in [-0.2, -0.15) is 0 Å². The van der Waals surface area contributed by atoms with Crippen molar-refractivity contribution in [2.45, 2.75) is 0 Å². The molecule has 0 aliphatic heterocycles. The summed E-state index contributed by atoms with van der Waals surface area (Å²) in [6.45, 7) is 0. The molecule has 0 fully saturated rings. The Kier molecular flexibility index (Phi) is 3.42. The maximum absolute atomic E-state index is 11.3. The Morgan fingerprint density at radius 2 is 1.90 bits per heavy atom. The van der Waals surface area contributed by atoms with Crippen LogP contribution in [0, 0.1) is 0 Å². The van der Waals surface area contributed by atoms with Crippen LogP contribution in [0.25, 0.3) is 10.9 Å². The Labute approximate surface area is 120 Å². The molecule has 0 N–H and O–H groups in total. The lowest BCUT2D eigenvalue weighted by molar-refractivity contribution is 0.0593. The molecule has 0 unspecified atom stereocenters. The van der Waals surface area contributed by atoms with E-state index in [1.807, 2.05) is 24.3 Å². The Bertz CT molecular complexity index is 782. The number of pyridine rings is 1. The van der Waals surface area contributed by atoms with Gasteiger partial charge in [0.1, 0.15) is 5.52 Å². The first-order valence-electron chi connectivity index (χ1n) is 6.20. The normalized spacial score (nSPS) is 10.3. The molecule has 0 atom stereocenters. The average molecular weight is 281 g/mol. The third-order valence-corrected chi connectivity index (χ3v) is 2.83. The number of carbonyl (C=O) groups is 1. The molecule has 0 aliphatic carbocycles. The third-order valence-electron chi connectivity index (χ3n) is 2.83. The molecule has 0 spiro atoms. The van der Waals surface area contributed by atoms with E-state index in [0.717, 1.165) is 10.9 Å². The predicted molar refractivity (Wildman–Crippen MR) is 75.2 cm³/mol. The number of esters is 1. The zero-order valence-electron chi connectivity index (χ0n) is 11.2. The number of hydrogen-bond donors (Lipinski definition) is 0. The summed E-state index contributed by atoms with van der Waals surface area (Å²) in [5.74, 6) is 0.315. The molecule has 3 rings (SSSR count). The van der Waals surface area contributed by atoms with E-state index in [-0.39, 0.29) is 11.6 Å². The van der Waals surface area contributed by atoms with Gasteiger partial charge in [0.05, 0.1) is 19.5 Å². The second-order valence-electron chi connectivity index (χ2n) is 4.16. The first-order valence-corrected chi connectivity index (χ1v) is 6.20. The van der Waals surface area contributed by atoms with E-state index in [1.165, 1.54) is 19.5 Å². The van der Waals surface area contributed by atoms with E-state index in [9.17, 15) is 4.79 Å². The molecule has 0 saturated carbocycles. The molecule has 0 amide bonds. The van der Waals surface area contributed by atoms with Gasteiger partial charge in [-0.3, -0.25) is 4.98 Å². The highest BCUT2D eigenvalue weighted by Gasteiger charge is 2.09. The van der Waals surface area contributed by atoms with Crippen molar-refractivity contribution >= 4 is 16.9 Å². The highest BCUT2D eigenvalue weighted by atomic mass is 16.5. The molecule has 0 radical (unpaired) electrons. The molecule has 6 heteroatoms. The molecule has 0 saturated heterocycles. The number of nitrogens with zero attached hydrogens (tertiary/aromatic N) is 3. The number of benzene rings is 1. The van der Waals surface area contributed by atoms with Crippen molar-refractivity contribution in [3.05, 3.63) is 54.6 Å². The second kappa shape index (κ2) is 5.54. The fourth-order valence-electron chi connectivity index (χ4n) is 1.85. The number of hydrogen-bond acceptors (Lipinski definition) is 6. The minimum Gasteiger partial charge on any atom is -0.464 e. The minimum atomic E-state index is -0.541. The minimum absolute atomic E-state index is 0.126. The molecule has 0 aliphatic rings. The first kappa shape index (κ1) is 13.0. The number of ether oxygens (including phenoxy) is 2. The quantitative estimate of drug-likeness (QED) is 0.687. The molecule has 104 valence electrons. The van der Waals surface area contributed by atoms with Crippen molar-refractivity contribution in [2.75, 3.05) is 7.11 Å². The van der Waals surface area contributed by atoms with Gasteiger partial charge in [-0.15, -0.1) is 0 Å². The van der Waals surface area contributed by atoms with Gasteiger partial charge < -0.3 is 9.47 Å². The van der Waals surface area contributed by atoms with Gasteiger partial charge in [0.2, 0.25) is 5.88 Å². The number of methoxy groups -OCH3 is 1. The van der Waals surface area contributed by atoms with E-state index in [1.54, 1.807) is 12.3 Å². The molecule has 3 aromatic rings. The third kappa shape index (κ3) is 2.64. The molecule has 1 aromatic carbocycles. The summed E-state index contributed by atoms with van der Waals surface area (Å²) in [7, 11) is 1.29. The standard InChI is InChI=1S/C15H11N3O3/c1-20-15(19)11-8-18-13(9-17-11)21-12-6-2-4-10-5-3-7-16-14(10)12/h2-9H,1H3. The van der Waals surface area contributed by atoms with E-state index < -0.39 is 5.97 Å². The van der Waals surface area contributed by atoms with Gasteiger partial charge >= 0.3 is 5.97 Å². The Hall–Kier alpha value is -3.02. The summed E-state index contributed by atoms with van der Waals surface area (Å²) in [6.07, 6.45) is 4.37. The van der Waals surface area contributed by atoms with Crippen LogP contribution in [0.2, 0.25) is 0 Å². The van der Waals surface area contributed by atoms with Crippen molar-refractivity contribution in [3.8, 4) is 11.6 Å². The van der Waals surface area contributed by atoms with Crippen LogP contribution in [0.15, 0.2) is 48.9 Å². The van der Waals surface area contributed by atoms with Crippen molar-refractivity contribution in [3.63, 3.8) is 0 Å². The summed E-state index contributed by atoms with van der Waals surface area (Å²) < 4.78 is 10.2. The molecule has 6 nitrogen and oxygen atoms in total. The number of para-hydroxylation sites is 1. The van der Waals surface area contributed by atoms with Gasteiger partial charge in [-0.05, 0) is 12.1 Å². The topological polar surface area (TPSA) is 74.2 Å². The van der Waals surface area contributed by atoms with Crippen LogP contribution in [0.5, 0.6) is 11.6 Å². The SMILES string of the molecule is COC(=O)c1cnc(Oc2cccc3cccnc23)cn1. The van der Waals surface area contributed by atoms with Gasteiger partial charge in [0.25, 0.3) is 0 Å². The maximum atomic E-state index is 11.3. The number of fused-ring (bicyclic) bond motifs is 1. The Morgan fingerprint density at radius 3 is 2.67 bits per heavy atom. The fourth-order valence-corrected chi connectivity index (χ4v) is 1.85. The van der Waals surface area contributed by atoms with Crippen LogP contribution in [0.1, 0.15) is 10.5 Å². The monoisotopic (exact) mass is 281 g/mol. The van der Waals surface area contributed by atoms with Crippen molar-refractivity contribution in [1.29, 1.82) is 0 Å². The van der Waals surface area contributed by atoms with Crippen molar-refractivity contribution in [1.82, 2.24) is 15.0 Å². The van der Waals surface area contributed by atoms with Crippen LogP contribution in [0.4, 0.5) is 0 Å². The first-order chi connectivity index (χ1) is 10.3.